The van der Waals surface area contributed by atoms with Gasteiger partial charge >= 0.3 is 19.8 Å². The van der Waals surface area contributed by atoms with Gasteiger partial charge < -0.3 is 25.2 Å². The number of aliphatic carboxylic acids is 1. The number of hydrogen-bond donors (Lipinski definition) is 3. The van der Waals surface area contributed by atoms with Crippen LogP contribution in [0.5, 0.6) is 0 Å². The highest BCUT2D eigenvalue weighted by Gasteiger charge is 2.27. The van der Waals surface area contributed by atoms with Gasteiger partial charge in [-0.25, -0.2) is 4.57 Å². The third-order valence-corrected chi connectivity index (χ3v) is 10.5. The Labute approximate surface area is 359 Å². The first-order valence-electron chi connectivity index (χ1n) is 23.0. The number of rotatable bonds is 43. The lowest BCUT2D eigenvalue weighted by molar-refractivity contribution is -0.154. The molecule has 0 spiro atoms. The van der Waals surface area contributed by atoms with Crippen molar-refractivity contribution in [1.82, 2.24) is 0 Å². The number of carbonyl (C=O) groups excluding carboxylic acids is 1. The Morgan fingerprint density at radius 2 is 0.983 bits per heavy atom. The molecule has 3 atom stereocenters. The molecule has 59 heavy (non-hydrogen) atoms. The van der Waals surface area contributed by atoms with E-state index in [4.69, 9.17) is 29.4 Å². The number of carboxylic acids is 1. The molecule has 0 aliphatic carbocycles. The lowest BCUT2D eigenvalue weighted by atomic mass is 10.0. The molecule has 0 fully saturated rings. The van der Waals surface area contributed by atoms with Crippen LogP contribution in [0.4, 0.5) is 0 Å². The summed E-state index contributed by atoms with van der Waals surface area (Å²) in [5.41, 5.74) is 5.36. The molecular formula is C48H84NO9P. The molecule has 3 unspecified atom stereocenters. The molecule has 0 aromatic carbocycles. The molecular weight excluding hydrogens is 766 g/mol. The van der Waals surface area contributed by atoms with Crippen LogP contribution in [0.1, 0.15) is 181 Å². The molecule has 10 nitrogen and oxygen atoms in total. The predicted molar refractivity (Wildman–Crippen MR) is 244 cm³/mol. The van der Waals surface area contributed by atoms with Crippen molar-refractivity contribution in [2.75, 3.05) is 26.4 Å². The van der Waals surface area contributed by atoms with Gasteiger partial charge in [-0.15, -0.1) is 0 Å². The van der Waals surface area contributed by atoms with Crippen LogP contribution in [0.25, 0.3) is 0 Å². The average Bonchev–Trinajstić information content (AvgIpc) is 3.21. The van der Waals surface area contributed by atoms with Crippen LogP contribution in [-0.2, 0) is 32.7 Å². The maximum Gasteiger partial charge on any atom is 0.472 e. The lowest BCUT2D eigenvalue weighted by Gasteiger charge is -2.20. The molecule has 0 radical (unpaired) electrons. The molecule has 0 heterocycles. The van der Waals surface area contributed by atoms with Crippen molar-refractivity contribution >= 4 is 19.8 Å². The highest BCUT2D eigenvalue weighted by molar-refractivity contribution is 7.47. The van der Waals surface area contributed by atoms with Crippen LogP contribution in [0, 0.1) is 0 Å². The van der Waals surface area contributed by atoms with E-state index in [1.807, 2.05) is 0 Å². The number of esters is 1. The van der Waals surface area contributed by atoms with Crippen molar-refractivity contribution in [3.05, 3.63) is 72.9 Å². The summed E-state index contributed by atoms with van der Waals surface area (Å²) in [6, 6.07) is -1.48. The van der Waals surface area contributed by atoms with Gasteiger partial charge in [0.2, 0.25) is 0 Å². The maximum absolute atomic E-state index is 12.6. The number of carbonyl (C=O) groups is 2. The summed E-state index contributed by atoms with van der Waals surface area (Å²) < 4.78 is 33.4. The van der Waals surface area contributed by atoms with Crippen molar-refractivity contribution in [2.45, 2.75) is 193 Å². The topological polar surface area (TPSA) is 155 Å². The molecule has 0 saturated heterocycles. The van der Waals surface area contributed by atoms with E-state index >= 15 is 0 Å². The van der Waals surface area contributed by atoms with Crippen LogP contribution < -0.4 is 5.73 Å². The summed E-state index contributed by atoms with van der Waals surface area (Å²) in [7, 11) is -4.63. The van der Waals surface area contributed by atoms with E-state index < -0.39 is 45.1 Å². The molecule has 0 saturated carbocycles. The summed E-state index contributed by atoms with van der Waals surface area (Å²) in [6.07, 6.45) is 53.8. The SMILES string of the molecule is CC/C=C\C/C=C\C/C=C\C/C=C\C/C=C\C/C=C\CCCCC(=O)OC(COCCCCCCCCCCCCCCCCCC)COP(=O)(O)OCC(N)C(=O)O. The smallest absolute Gasteiger partial charge is 0.472 e. The highest BCUT2D eigenvalue weighted by Crippen LogP contribution is 2.43. The van der Waals surface area contributed by atoms with Gasteiger partial charge in [-0.2, -0.15) is 0 Å². The standard InChI is InChI=1S/C48H84NO9P/c1-3-5-7-9-11-13-15-17-19-21-22-23-24-25-26-28-30-32-34-36-38-40-47(50)58-45(43-56-59(53,54)57-44-46(49)48(51)52)42-55-41-39-37-35-33-31-29-27-20-18-16-14-12-10-8-6-4-2/h5,7,11,13,17,19,22-23,25-26,30,32,45-46H,3-4,6,8-10,12,14-16,18,20-21,24,27-29,31,33-44,49H2,1-2H3,(H,51,52)(H,53,54)/b7-5-,13-11-,19-17-,23-22-,26-25-,32-30-. The number of phosphoric ester groups is 1. The number of allylic oxidation sites excluding steroid dienone is 12. The van der Waals surface area contributed by atoms with Gasteiger partial charge in [-0.05, 0) is 64.2 Å². The van der Waals surface area contributed by atoms with Gasteiger partial charge in [0, 0.05) is 13.0 Å². The predicted octanol–water partition coefficient (Wildman–Crippen LogP) is 13.0. The number of ether oxygens (including phenoxy) is 2. The lowest BCUT2D eigenvalue weighted by Crippen LogP contribution is -2.34. The Kier molecular flexibility index (Phi) is 41.6. The van der Waals surface area contributed by atoms with E-state index in [1.54, 1.807) is 0 Å². The van der Waals surface area contributed by atoms with Gasteiger partial charge in [0.25, 0.3) is 0 Å². The third-order valence-electron chi connectivity index (χ3n) is 9.50. The molecule has 0 bridgehead atoms. The Balaban J connectivity index is 4.31. The summed E-state index contributed by atoms with van der Waals surface area (Å²) in [5.74, 6) is -1.82. The van der Waals surface area contributed by atoms with Crippen LogP contribution in [0.3, 0.4) is 0 Å². The zero-order chi connectivity index (χ0) is 43.3. The Morgan fingerprint density at radius 1 is 0.559 bits per heavy atom. The molecule has 0 aromatic rings. The normalized spacial score (nSPS) is 14.5. The molecule has 0 aliphatic heterocycles. The minimum atomic E-state index is -4.63. The number of hydrogen-bond acceptors (Lipinski definition) is 8. The third kappa shape index (κ3) is 43.3. The highest BCUT2D eigenvalue weighted by atomic mass is 31.2. The zero-order valence-corrected chi connectivity index (χ0v) is 38.0. The molecule has 4 N–H and O–H groups in total. The molecule has 11 heteroatoms. The van der Waals surface area contributed by atoms with E-state index in [1.165, 1.54) is 83.5 Å². The van der Waals surface area contributed by atoms with E-state index in [0.29, 0.717) is 13.0 Å². The van der Waals surface area contributed by atoms with E-state index in [9.17, 15) is 19.0 Å². The Hall–Kier alpha value is -2.59. The van der Waals surface area contributed by atoms with Crippen LogP contribution in [0.2, 0.25) is 0 Å². The van der Waals surface area contributed by atoms with Crippen molar-refractivity contribution in [3.8, 4) is 0 Å². The second-order valence-electron chi connectivity index (χ2n) is 15.2. The van der Waals surface area contributed by atoms with Crippen LogP contribution in [-0.4, -0.2) is 60.5 Å². The van der Waals surface area contributed by atoms with Gasteiger partial charge in [0.15, 0.2) is 0 Å². The van der Waals surface area contributed by atoms with E-state index in [2.05, 4.69) is 86.8 Å². The second-order valence-corrected chi connectivity index (χ2v) is 16.6. The number of unbranched alkanes of at least 4 members (excludes halogenated alkanes) is 17. The summed E-state index contributed by atoms with van der Waals surface area (Å²) in [5, 5.41) is 8.91. The number of phosphoric acid groups is 1. The Bertz CT molecular complexity index is 1210. The van der Waals surface area contributed by atoms with E-state index in [0.717, 1.165) is 70.6 Å². The van der Waals surface area contributed by atoms with Gasteiger partial charge in [-0.1, -0.05) is 183 Å². The van der Waals surface area contributed by atoms with Crippen molar-refractivity contribution in [3.63, 3.8) is 0 Å². The first kappa shape index (κ1) is 56.4. The minimum absolute atomic E-state index is 0.00232. The zero-order valence-electron chi connectivity index (χ0n) is 37.1. The minimum Gasteiger partial charge on any atom is -0.480 e. The fourth-order valence-electron chi connectivity index (χ4n) is 5.96. The summed E-state index contributed by atoms with van der Waals surface area (Å²) in [4.78, 5) is 33.6. The van der Waals surface area contributed by atoms with Gasteiger partial charge in [0.1, 0.15) is 12.1 Å². The number of carboxylic acid groups (broad SMARTS) is 1. The molecule has 0 aromatic heterocycles. The van der Waals surface area contributed by atoms with E-state index in [-0.39, 0.29) is 13.0 Å². The number of nitrogens with two attached hydrogens (primary N) is 1. The molecule has 340 valence electrons. The second kappa shape index (κ2) is 43.5. The van der Waals surface area contributed by atoms with Gasteiger partial charge in [-0.3, -0.25) is 18.6 Å². The maximum atomic E-state index is 12.6. The molecule has 0 rings (SSSR count). The van der Waals surface area contributed by atoms with Gasteiger partial charge in [0.05, 0.1) is 19.8 Å². The molecule has 0 aliphatic rings. The van der Waals surface area contributed by atoms with Crippen molar-refractivity contribution in [1.29, 1.82) is 0 Å². The largest absolute Gasteiger partial charge is 0.480 e. The monoisotopic (exact) mass is 850 g/mol. The fourth-order valence-corrected chi connectivity index (χ4v) is 6.74. The van der Waals surface area contributed by atoms with Crippen LogP contribution in [0.15, 0.2) is 72.9 Å². The summed E-state index contributed by atoms with van der Waals surface area (Å²) >= 11 is 0. The first-order valence-corrected chi connectivity index (χ1v) is 24.5. The van der Waals surface area contributed by atoms with Crippen molar-refractivity contribution < 1.29 is 42.7 Å². The summed E-state index contributed by atoms with van der Waals surface area (Å²) in [6.45, 7) is 3.72. The average molecular weight is 850 g/mol. The van der Waals surface area contributed by atoms with Crippen molar-refractivity contribution in [2.24, 2.45) is 5.73 Å². The Morgan fingerprint density at radius 3 is 1.44 bits per heavy atom. The first-order chi connectivity index (χ1) is 28.7. The van der Waals surface area contributed by atoms with Crippen LogP contribution >= 0.6 is 7.82 Å². The molecule has 0 amide bonds. The quantitative estimate of drug-likeness (QED) is 0.0234. The fraction of sp³-hybridized carbons (Fsp3) is 0.708.